The van der Waals surface area contributed by atoms with E-state index < -0.39 is 12.1 Å². The van der Waals surface area contributed by atoms with E-state index in [1.807, 2.05) is 20.8 Å². The molecule has 1 unspecified atom stereocenters. The van der Waals surface area contributed by atoms with Crippen molar-refractivity contribution < 1.29 is 15.0 Å². The highest BCUT2D eigenvalue weighted by Crippen LogP contribution is 2.21. The Morgan fingerprint density at radius 1 is 1.47 bits per heavy atom. The van der Waals surface area contributed by atoms with Gasteiger partial charge in [-0.25, -0.2) is 9.78 Å². The zero-order chi connectivity index (χ0) is 14.6. The number of carboxylic acid groups (broad SMARTS) is 1. The Hall–Kier alpha value is -1.33. The molecule has 0 aromatic carbocycles. The van der Waals surface area contributed by atoms with Gasteiger partial charge in [-0.1, -0.05) is 32.4 Å². The van der Waals surface area contributed by atoms with E-state index in [-0.39, 0.29) is 16.1 Å². The van der Waals surface area contributed by atoms with E-state index in [2.05, 4.69) is 10.3 Å². The summed E-state index contributed by atoms with van der Waals surface area (Å²) < 4.78 is 0. The molecule has 106 valence electrons. The number of rotatable bonds is 5. The number of anilines is 1. The molecular formula is C13H19ClN2O3. The Morgan fingerprint density at radius 2 is 2.11 bits per heavy atom. The fourth-order valence-corrected chi connectivity index (χ4v) is 1.92. The maximum absolute atomic E-state index is 10.9. The predicted molar refractivity (Wildman–Crippen MR) is 74.8 cm³/mol. The lowest BCUT2D eigenvalue weighted by Gasteiger charge is -2.22. The van der Waals surface area contributed by atoms with Crippen LogP contribution in [0.1, 0.15) is 37.6 Å². The number of nitrogens with zero attached hydrogens (tertiary/aromatic N) is 1. The number of aromatic nitrogens is 1. The molecule has 5 nitrogen and oxygen atoms in total. The molecule has 19 heavy (non-hydrogen) atoms. The van der Waals surface area contributed by atoms with Crippen molar-refractivity contribution in [1.29, 1.82) is 0 Å². The minimum atomic E-state index is -1.07. The van der Waals surface area contributed by atoms with Crippen LogP contribution in [0.5, 0.6) is 0 Å². The minimum Gasteiger partial charge on any atom is -0.478 e. The Morgan fingerprint density at radius 3 is 2.63 bits per heavy atom. The fourth-order valence-electron chi connectivity index (χ4n) is 1.71. The molecule has 0 radical (unpaired) electrons. The van der Waals surface area contributed by atoms with Crippen molar-refractivity contribution >= 4 is 23.4 Å². The van der Waals surface area contributed by atoms with E-state index in [1.165, 1.54) is 12.1 Å². The molecule has 1 atom stereocenters. The number of hydrogen-bond acceptors (Lipinski definition) is 4. The Kier molecular flexibility index (Phi) is 5.14. The number of pyridine rings is 1. The van der Waals surface area contributed by atoms with Crippen molar-refractivity contribution in [3.05, 3.63) is 22.8 Å². The van der Waals surface area contributed by atoms with E-state index >= 15 is 0 Å². The van der Waals surface area contributed by atoms with Crippen LogP contribution >= 0.6 is 11.6 Å². The summed E-state index contributed by atoms with van der Waals surface area (Å²) >= 11 is 5.74. The average molecular weight is 287 g/mol. The zero-order valence-corrected chi connectivity index (χ0v) is 12.0. The van der Waals surface area contributed by atoms with E-state index in [4.69, 9.17) is 16.7 Å². The van der Waals surface area contributed by atoms with E-state index in [0.717, 1.165) is 0 Å². The number of carbonyl (C=O) groups is 1. The second kappa shape index (κ2) is 6.21. The quantitative estimate of drug-likeness (QED) is 0.725. The summed E-state index contributed by atoms with van der Waals surface area (Å²) in [6, 6.07) is 2.67. The van der Waals surface area contributed by atoms with Gasteiger partial charge < -0.3 is 15.5 Å². The van der Waals surface area contributed by atoms with Gasteiger partial charge in [0.2, 0.25) is 0 Å². The lowest BCUT2D eigenvalue weighted by Crippen LogP contribution is -2.25. The van der Waals surface area contributed by atoms with Gasteiger partial charge in [0.05, 0.1) is 11.7 Å². The van der Waals surface area contributed by atoms with E-state index in [0.29, 0.717) is 18.8 Å². The van der Waals surface area contributed by atoms with Crippen LogP contribution in [0.15, 0.2) is 12.1 Å². The van der Waals surface area contributed by atoms with Crippen LogP contribution in [-0.2, 0) is 0 Å². The Labute approximate surface area is 117 Å². The third-order valence-corrected chi connectivity index (χ3v) is 2.60. The normalized spacial score (nSPS) is 13.1. The highest BCUT2D eigenvalue weighted by molar-refractivity contribution is 6.29. The number of carboxylic acids is 1. The molecule has 0 saturated carbocycles. The Balaban J connectivity index is 2.65. The molecule has 1 heterocycles. The lowest BCUT2D eigenvalue weighted by molar-refractivity contribution is 0.0697. The molecule has 1 aromatic heterocycles. The highest BCUT2D eigenvalue weighted by atomic mass is 35.5. The molecule has 0 spiro atoms. The molecule has 0 fully saturated rings. The summed E-state index contributed by atoms with van der Waals surface area (Å²) in [6.07, 6.45) is 0.0980. The van der Waals surface area contributed by atoms with Crippen LogP contribution in [0.3, 0.4) is 0 Å². The second-order valence-corrected chi connectivity index (χ2v) is 6.06. The van der Waals surface area contributed by atoms with Gasteiger partial charge in [-0.2, -0.15) is 0 Å². The number of nitrogens with one attached hydrogen (secondary N) is 1. The van der Waals surface area contributed by atoms with Crippen LogP contribution in [0.25, 0.3) is 0 Å². The number of hydrogen-bond donors (Lipinski definition) is 3. The summed E-state index contributed by atoms with van der Waals surface area (Å²) in [5.41, 5.74) is 0.0857. The summed E-state index contributed by atoms with van der Waals surface area (Å²) in [5.74, 6) is -0.722. The second-order valence-electron chi connectivity index (χ2n) is 5.67. The maximum atomic E-state index is 10.9. The van der Waals surface area contributed by atoms with Crippen LogP contribution < -0.4 is 5.32 Å². The van der Waals surface area contributed by atoms with Crippen molar-refractivity contribution in [1.82, 2.24) is 4.98 Å². The number of aliphatic hydroxyl groups is 1. The maximum Gasteiger partial charge on any atom is 0.335 e. The van der Waals surface area contributed by atoms with Gasteiger partial charge in [-0.15, -0.1) is 0 Å². The van der Waals surface area contributed by atoms with Crippen molar-refractivity contribution in [2.24, 2.45) is 5.41 Å². The van der Waals surface area contributed by atoms with Crippen molar-refractivity contribution in [3.63, 3.8) is 0 Å². The summed E-state index contributed by atoms with van der Waals surface area (Å²) in [5, 5.41) is 21.8. The molecule has 1 rings (SSSR count). The first-order valence-corrected chi connectivity index (χ1v) is 6.38. The van der Waals surface area contributed by atoms with Gasteiger partial charge in [0.1, 0.15) is 11.0 Å². The van der Waals surface area contributed by atoms with Gasteiger partial charge in [0.15, 0.2) is 0 Å². The smallest absolute Gasteiger partial charge is 0.335 e. The standard InChI is InChI=1S/C13H19ClN2O3/c1-13(2,3)6-9(17)7-15-11-5-8(12(18)19)4-10(14)16-11/h4-5,9,17H,6-7H2,1-3H3,(H,15,16)(H,18,19). The van der Waals surface area contributed by atoms with Crippen LogP contribution in [0, 0.1) is 5.41 Å². The molecular weight excluding hydrogens is 268 g/mol. The van der Waals surface area contributed by atoms with E-state index in [1.54, 1.807) is 0 Å². The third kappa shape index (κ3) is 5.89. The van der Waals surface area contributed by atoms with Crippen LogP contribution in [0.2, 0.25) is 5.15 Å². The molecule has 6 heteroatoms. The van der Waals surface area contributed by atoms with Crippen molar-refractivity contribution in [2.45, 2.75) is 33.3 Å². The van der Waals surface area contributed by atoms with Crippen LogP contribution in [-0.4, -0.2) is 33.8 Å². The Bertz CT molecular complexity index is 458. The van der Waals surface area contributed by atoms with Crippen molar-refractivity contribution in [2.75, 3.05) is 11.9 Å². The highest BCUT2D eigenvalue weighted by Gasteiger charge is 2.16. The first-order chi connectivity index (χ1) is 8.67. The molecule has 1 aromatic rings. The van der Waals surface area contributed by atoms with Crippen molar-refractivity contribution in [3.8, 4) is 0 Å². The number of halogens is 1. The number of aromatic carboxylic acids is 1. The first-order valence-electron chi connectivity index (χ1n) is 6.00. The van der Waals surface area contributed by atoms with Crippen LogP contribution in [0.4, 0.5) is 5.82 Å². The van der Waals surface area contributed by atoms with Gasteiger partial charge >= 0.3 is 5.97 Å². The first kappa shape index (κ1) is 15.7. The summed E-state index contributed by atoms with van der Waals surface area (Å²) in [6.45, 7) is 6.41. The van der Waals surface area contributed by atoms with Gasteiger partial charge in [0.25, 0.3) is 0 Å². The number of aliphatic hydroxyl groups excluding tert-OH is 1. The lowest BCUT2D eigenvalue weighted by atomic mass is 9.89. The third-order valence-electron chi connectivity index (χ3n) is 2.41. The molecule has 0 amide bonds. The predicted octanol–water partition coefficient (Wildman–Crippen LogP) is 2.64. The monoisotopic (exact) mass is 286 g/mol. The molecule has 0 aliphatic rings. The summed E-state index contributed by atoms with van der Waals surface area (Å²) in [7, 11) is 0. The zero-order valence-electron chi connectivity index (χ0n) is 11.3. The average Bonchev–Trinajstić information content (AvgIpc) is 2.23. The minimum absolute atomic E-state index is 0.0229. The molecule has 0 aliphatic carbocycles. The van der Waals surface area contributed by atoms with Gasteiger partial charge in [-0.05, 0) is 24.0 Å². The van der Waals surface area contributed by atoms with Gasteiger partial charge in [0, 0.05) is 6.54 Å². The fraction of sp³-hybridized carbons (Fsp3) is 0.538. The summed E-state index contributed by atoms with van der Waals surface area (Å²) in [4.78, 5) is 14.8. The van der Waals surface area contributed by atoms with Gasteiger partial charge in [-0.3, -0.25) is 0 Å². The largest absolute Gasteiger partial charge is 0.478 e. The molecule has 0 bridgehead atoms. The molecule has 3 N–H and O–H groups in total. The SMILES string of the molecule is CC(C)(C)CC(O)CNc1cc(C(=O)O)cc(Cl)n1. The molecule has 0 saturated heterocycles. The molecule has 0 aliphatic heterocycles. The topological polar surface area (TPSA) is 82.5 Å². The van der Waals surface area contributed by atoms with E-state index in [9.17, 15) is 9.90 Å².